The van der Waals surface area contributed by atoms with Gasteiger partial charge in [0, 0.05) is 24.7 Å². The first-order chi connectivity index (χ1) is 18.2. The Kier molecular flexibility index (Phi) is 10.8. The molecule has 1 aliphatic heterocycles. The summed E-state index contributed by atoms with van der Waals surface area (Å²) in [6.45, 7) is 8.34. The van der Waals surface area contributed by atoms with Gasteiger partial charge in [-0.15, -0.1) is 0 Å². The lowest BCUT2D eigenvalue weighted by Gasteiger charge is -2.34. The Labute approximate surface area is 224 Å². The summed E-state index contributed by atoms with van der Waals surface area (Å²) in [7, 11) is 0. The largest absolute Gasteiger partial charge is 0.480 e. The Bertz CT molecular complexity index is 1150. The Morgan fingerprint density at radius 2 is 2.03 bits per heavy atom. The molecule has 1 unspecified atom stereocenters. The van der Waals surface area contributed by atoms with E-state index >= 15 is 0 Å². The van der Waals surface area contributed by atoms with E-state index in [4.69, 9.17) is 4.74 Å². The molecule has 0 spiro atoms. The van der Waals surface area contributed by atoms with Crippen LogP contribution in [0.25, 0.3) is 16.8 Å². The summed E-state index contributed by atoms with van der Waals surface area (Å²) in [5, 5.41) is 15.5. The second-order valence-corrected chi connectivity index (χ2v) is 10.1. The average Bonchev–Trinajstić information content (AvgIpc) is 2.91. The number of unbranched alkanes of at least 4 members (excludes halogenated alkanes) is 1. The molecule has 9 heteroatoms. The summed E-state index contributed by atoms with van der Waals surface area (Å²) in [5.41, 5.74) is 4.93. The van der Waals surface area contributed by atoms with Crippen LogP contribution in [-0.4, -0.2) is 64.2 Å². The number of nitrogens with zero attached hydrogens (tertiary/aromatic N) is 2. The van der Waals surface area contributed by atoms with Crippen LogP contribution >= 0.6 is 0 Å². The van der Waals surface area contributed by atoms with Gasteiger partial charge in [-0.3, -0.25) is 24.4 Å². The van der Waals surface area contributed by atoms with Gasteiger partial charge >= 0.3 is 5.97 Å². The molecule has 0 radical (unpaired) electrons. The number of amides is 2. The highest BCUT2D eigenvalue weighted by atomic mass is 16.5. The van der Waals surface area contributed by atoms with Crippen LogP contribution < -0.4 is 10.7 Å². The van der Waals surface area contributed by atoms with Gasteiger partial charge in [-0.05, 0) is 68.0 Å². The Balaban J connectivity index is 1.45. The number of carboxylic acids is 1. The number of rotatable bonds is 12. The van der Waals surface area contributed by atoms with Gasteiger partial charge in [0.1, 0.15) is 18.2 Å². The summed E-state index contributed by atoms with van der Waals surface area (Å²) in [5.74, 6) is -1.80. The molecule has 1 aromatic carbocycles. The zero-order valence-corrected chi connectivity index (χ0v) is 22.8. The molecule has 206 valence electrons. The van der Waals surface area contributed by atoms with Crippen LogP contribution in [0.15, 0.2) is 36.5 Å². The number of aromatic nitrogens is 1. The van der Waals surface area contributed by atoms with E-state index in [9.17, 15) is 19.5 Å². The third kappa shape index (κ3) is 8.10. The van der Waals surface area contributed by atoms with Crippen molar-refractivity contribution in [1.82, 2.24) is 20.7 Å². The molecule has 2 amide bonds. The third-order valence-electron chi connectivity index (χ3n) is 6.66. The quantitative estimate of drug-likeness (QED) is 0.362. The highest BCUT2D eigenvalue weighted by Gasteiger charge is 2.32. The third-order valence-corrected chi connectivity index (χ3v) is 6.66. The van der Waals surface area contributed by atoms with Gasteiger partial charge in [0.25, 0.3) is 5.91 Å². The zero-order valence-electron chi connectivity index (χ0n) is 22.8. The maximum Gasteiger partial charge on any atom is 0.322 e. The monoisotopic (exact) mass is 524 g/mol. The molecule has 1 aliphatic rings. The number of hydrogen-bond acceptors (Lipinski definition) is 6. The maximum absolute atomic E-state index is 12.9. The Hall–Kier alpha value is -3.30. The number of allylic oxidation sites excluding steroid dienone is 1. The minimum Gasteiger partial charge on any atom is -0.480 e. The van der Waals surface area contributed by atoms with Crippen LogP contribution in [0.4, 0.5) is 0 Å². The number of aliphatic carboxylic acids is 1. The average molecular weight is 525 g/mol. The van der Waals surface area contributed by atoms with Gasteiger partial charge in [-0.1, -0.05) is 45.0 Å². The summed E-state index contributed by atoms with van der Waals surface area (Å²) in [4.78, 5) is 41.4. The topological polar surface area (TPSA) is 121 Å². The van der Waals surface area contributed by atoms with E-state index in [2.05, 4.69) is 53.0 Å². The van der Waals surface area contributed by atoms with Gasteiger partial charge in [-0.25, -0.2) is 5.43 Å². The maximum atomic E-state index is 12.9. The summed E-state index contributed by atoms with van der Waals surface area (Å²) >= 11 is 0. The van der Waals surface area contributed by atoms with Crippen molar-refractivity contribution >= 4 is 34.6 Å². The molecule has 2 heterocycles. The molecule has 1 aromatic heterocycles. The normalized spacial score (nSPS) is 17.6. The molecule has 0 saturated carbocycles. The number of aryl methyl sites for hydroxylation is 1. The number of nitrogens with one attached hydrogen (secondary N) is 2. The summed E-state index contributed by atoms with van der Waals surface area (Å²) in [6, 6.07) is 6.91. The first-order valence-corrected chi connectivity index (χ1v) is 13.5. The second-order valence-electron chi connectivity index (χ2n) is 10.1. The molecule has 38 heavy (non-hydrogen) atoms. The van der Waals surface area contributed by atoms with Gasteiger partial charge < -0.3 is 15.2 Å². The summed E-state index contributed by atoms with van der Waals surface area (Å²) < 4.78 is 5.90. The van der Waals surface area contributed by atoms with Crippen LogP contribution in [0, 0.1) is 5.92 Å². The molecule has 1 fully saturated rings. The fraction of sp³-hybridized carbons (Fsp3) is 0.517. The van der Waals surface area contributed by atoms with Crippen molar-refractivity contribution in [1.29, 1.82) is 0 Å². The van der Waals surface area contributed by atoms with Crippen LogP contribution in [0.1, 0.15) is 64.6 Å². The van der Waals surface area contributed by atoms with E-state index in [0.29, 0.717) is 26.0 Å². The number of carboxylic acid groups (broad SMARTS) is 1. The molecule has 3 rings (SSSR count). The number of carbonyl (C=O) groups is 3. The van der Waals surface area contributed by atoms with Gasteiger partial charge in [0.15, 0.2) is 0 Å². The first-order valence-electron chi connectivity index (χ1n) is 13.5. The van der Waals surface area contributed by atoms with Crippen LogP contribution in [0.3, 0.4) is 0 Å². The van der Waals surface area contributed by atoms with E-state index < -0.39 is 24.2 Å². The predicted molar refractivity (Wildman–Crippen MR) is 147 cm³/mol. The van der Waals surface area contributed by atoms with Crippen molar-refractivity contribution in [2.75, 3.05) is 13.2 Å². The van der Waals surface area contributed by atoms with E-state index in [0.717, 1.165) is 30.3 Å². The molecule has 3 N–H and O–H groups in total. The lowest BCUT2D eigenvalue weighted by atomic mass is 10.1. The zero-order chi connectivity index (χ0) is 27.7. The number of benzene rings is 1. The molecule has 0 bridgehead atoms. The molecular weight excluding hydrogens is 484 g/mol. The van der Waals surface area contributed by atoms with Crippen molar-refractivity contribution in [3.05, 3.63) is 47.8 Å². The fourth-order valence-corrected chi connectivity index (χ4v) is 4.42. The van der Waals surface area contributed by atoms with Gasteiger partial charge in [0.05, 0.1) is 5.69 Å². The number of fused-ring (bicyclic) bond motifs is 1. The van der Waals surface area contributed by atoms with Crippen molar-refractivity contribution in [2.45, 2.75) is 78.0 Å². The highest BCUT2D eigenvalue weighted by Crippen LogP contribution is 2.18. The molecule has 2 aromatic rings. The van der Waals surface area contributed by atoms with Crippen molar-refractivity contribution in [3.63, 3.8) is 0 Å². The Morgan fingerprint density at radius 1 is 1.24 bits per heavy atom. The minimum atomic E-state index is -0.999. The number of pyridine rings is 1. The smallest absolute Gasteiger partial charge is 0.322 e. The van der Waals surface area contributed by atoms with Crippen LogP contribution in [0.5, 0.6) is 0 Å². The predicted octanol–water partition coefficient (Wildman–Crippen LogP) is 3.72. The molecule has 1 saturated heterocycles. The standard InChI is InChI=1S/C29H40N4O5/c1-5-21-12-13-22-18-30-24(17-23(22)16-21)10-7-6-8-15-38-26(19(2)3)27(34)31-20(4)28(35)33-14-9-11-25(32-33)29(36)37/h7,10,12-13,16-20,25-26,32H,5-6,8-9,11,14-15H2,1-4H3,(H,31,34)(H,36,37)/b10-7+/t20-,25-,26?/m0/s1. The minimum absolute atomic E-state index is 0.0767. The SMILES string of the molecule is CCc1ccc2cnc(/C=C/CCCOC(C(=O)N[C@@H](C)C(=O)N3CCC[C@@H](C(=O)O)N3)C(C)C)cc2c1. The van der Waals surface area contributed by atoms with E-state index in [-0.39, 0.29) is 17.7 Å². The molecule has 9 nitrogen and oxygen atoms in total. The fourth-order valence-electron chi connectivity index (χ4n) is 4.42. The molecule has 0 aliphatic carbocycles. The van der Waals surface area contributed by atoms with Gasteiger partial charge in [-0.2, -0.15) is 0 Å². The second kappa shape index (κ2) is 14.0. The van der Waals surface area contributed by atoms with E-state index in [1.165, 1.54) is 16.0 Å². The van der Waals surface area contributed by atoms with E-state index in [1.54, 1.807) is 6.92 Å². The lowest BCUT2D eigenvalue weighted by molar-refractivity contribution is -0.149. The first kappa shape index (κ1) is 29.3. The summed E-state index contributed by atoms with van der Waals surface area (Å²) in [6.07, 6.45) is 8.81. The number of ether oxygens (including phenoxy) is 1. The highest BCUT2D eigenvalue weighted by molar-refractivity contribution is 5.89. The van der Waals surface area contributed by atoms with Crippen LogP contribution in [-0.2, 0) is 25.5 Å². The number of hydrazine groups is 1. The molecule has 3 atom stereocenters. The molecular formula is C29H40N4O5. The van der Waals surface area contributed by atoms with Crippen molar-refractivity contribution < 1.29 is 24.2 Å². The van der Waals surface area contributed by atoms with Crippen molar-refractivity contribution in [3.8, 4) is 0 Å². The lowest BCUT2D eigenvalue weighted by Crippen LogP contribution is -2.59. The number of hydrogen-bond donors (Lipinski definition) is 3. The van der Waals surface area contributed by atoms with Crippen LogP contribution in [0.2, 0.25) is 0 Å². The van der Waals surface area contributed by atoms with E-state index in [1.807, 2.05) is 26.1 Å². The van der Waals surface area contributed by atoms with Crippen molar-refractivity contribution in [2.24, 2.45) is 5.92 Å². The van der Waals surface area contributed by atoms with Gasteiger partial charge in [0.2, 0.25) is 5.91 Å². The number of carbonyl (C=O) groups excluding carboxylic acids is 2. The Morgan fingerprint density at radius 3 is 2.74 bits per heavy atom.